The third-order valence-corrected chi connectivity index (χ3v) is 10.2. The summed E-state index contributed by atoms with van der Waals surface area (Å²) >= 11 is 3.20. The second-order valence-electron chi connectivity index (χ2n) is 8.87. The van der Waals surface area contributed by atoms with Crippen LogP contribution in [0.3, 0.4) is 0 Å². The molecule has 0 saturated carbocycles. The second-order valence-corrected chi connectivity index (χ2v) is 12.6. The van der Waals surface area contributed by atoms with Crippen molar-refractivity contribution in [3.8, 4) is 10.6 Å². The van der Waals surface area contributed by atoms with Crippen LogP contribution in [0.5, 0.6) is 0 Å². The molecular weight excluding hydrogens is 525 g/mol. The summed E-state index contributed by atoms with van der Waals surface area (Å²) < 4.78 is 34.7. The van der Waals surface area contributed by atoms with E-state index in [0.29, 0.717) is 32.0 Å². The summed E-state index contributed by atoms with van der Waals surface area (Å²) in [6, 6.07) is 19.4. The molecule has 0 unspecified atom stereocenters. The van der Waals surface area contributed by atoms with Crippen molar-refractivity contribution in [2.24, 2.45) is 10.1 Å². The molecule has 190 valence electrons. The van der Waals surface area contributed by atoms with Gasteiger partial charge >= 0.3 is 0 Å². The predicted molar refractivity (Wildman–Crippen MR) is 148 cm³/mol. The molecule has 1 fully saturated rings. The minimum atomic E-state index is -3.54. The Bertz CT molecular complexity index is 1590. The maximum Gasteiger partial charge on any atom is 0.243 e. The van der Waals surface area contributed by atoms with E-state index in [-0.39, 0.29) is 4.90 Å². The lowest BCUT2D eigenvalue weighted by Gasteiger charge is -2.26. The first kappa shape index (κ1) is 24.4. The van der Waals surface area contributed by atoms with Crippen LogP contribution in [-0.4, -0.2) is 49.4 Å². The number of rotatable bonds is 5. The summed E-state index contributed by atoms with van der Waals surface area (Å²) in [5.41, 5.74) is 5.27. The molecule has 1 saturated heterocycles. The van der Waals surface area contributed by atoms with Gasteiger partial charge in [0.05, 0.1) is 40.1 Å². The van der Waals surface area contributed by atoms with Gasteiger partial charge in [-0.3, -0.25) is 0 Å². The van der Waals surface area contributed by atoms with Crippen LogP contribution in [0.15, 0.2) is 86.4 Å². The zero-order valence-corrected chi connectivity index (χ0v) is 22.6. The van der Waals surface area contributed by atoms with Crippen molar-refractivity contribution in [2.45, 2.75) is 24.2 Å². The second kappa shape index (κ2) is 10.5. The molecule has 0 atom stereocenters. The van der Waals surface area contributed by atoms with Crippen molar-refractivity contribution in [3.63, 3.8) is 0 Å². The molecule has 6 rings (SSSR count). The topological polar surface area (TPSA) is 76.3 Å². The number of morpholine rings is 1. The fourth-order valence-electron chi connectivity index (χ4n) is 4.63. The van der Waals surface area contributed by atoms with Crippen LogP contribution in [0, 0.1) is 0 Å². The van der Waals surface area contributed by atoms with Crippen molar-refractivity contribution < 1.29 is 13.2 Å². The quantitative estimate of drug-likeness (QED) is 0.346. The predicted octanol–water partition coefficient (Wildman–Crippen LogP) is 5.12. The fraction of sp³-hybridized carbons (Fsp3) is 0.259. The van der Waals surface area contributed by atoms with Gasteiger partial charge in [0.15, 0.2) is 0 Å². The van der Waals surface area contributed by atoms with E-state index in [1.165, 1.54) is 26.8 Å². The highest BCUT2D eigenvalue weighted by molar-refractivity contribution is 7.89. The Morgan fingerprint density at radius 3 is 2.49 bits per heavy atom. The van der Waals surface area contributed by atoms with E-state index >= 15 is 0 Å². The molecule has 3 heterocycles. The van der Waals surface area contributed by atoms with E-state index in [9.17, 15) is 8.42 Å². The van der Waals surface area contributed by atoms with Gasteiger partial charge in [-0.1, -0.05) is 30.3 Å². The number of fused-ring (bicyclic) bond motifs is 1. The summed E-state index contributed by atoms with van der Waals surface area (Å²) in [4.78, 5) is 7.01. The fourth-order valence-corrected chi connectivity index (χ4v) is 7.68. The molecule has 10 heteroatoms. The van der Waals surface area contributed by atoms with E-state index in [1.54, 1.807) is 35.6 Å². The van der Waals surface area contributed by atoms with Crippen LogP contribution in [0.2, 0.25) is 0 Å². The molecule has 0 bridgehead atoms. The van der Waals surface area contributed by atoms with Crippen LogP contribution >= 0.6 is 22.7 Å². The first-order valence-electron chi connectivity index (χ1n) is 12.2. The maximum absolute atomic E-state index is 13.0. The highest BCUT2D eigenvalue weighted by Gasteiger charge is 2.26. The van der Waals surface area contributed by atoms with Crippen LogP contribution in [0.25, 0.3) is 10.6 Å². The molecule has 2 aromatic carbocycles. The number of benzene rings is 2. The Morgan fingerprint density at radius 1 is 0.892 bits per heavy atom. The lowest BCUT2D eigenvalue weighted by Crippen LogP contribution is -2.40. The number of thiazole rings is 1. The number of hydrogen-bond donors (Lipinski definition) is 0. The van der Waals surface area contributed by atoms with Gasteiger partial charge in [0.2, 0.25) is 14.8 Å². The number of aryl methyl sites for hydroxylation is 1. The zero-order chi connectivity index (χ0) is 25.2. The smallest absolute Gasteiger partial charge is 0.243 e. The average molecular weight is 551 g/mol. The van der Waals surface area contributed by atoms with Crippen LogP contribution in [-0.2, 0) is 21.2 Å². The maximum atomic E-state index is 13.0. The summed E-state index contributed by atoms with van der Waals surface area (Å²) in [6.07, 6.45) is 3.05. The third-order valence-electron chi connectivity index (χ3n) is 6.54. The monoisotopic (exact) mass is 550 g/mol. The van der Waals surface area contributed by atoms with E-state index in [2.05, 4.69) is 41.1 Å². The summed E-state index contributed by atoms with van der Waals surface area (Å²) in [7, 11) is -3.54. The van der Waals surface area contributed by atoms with Gasteiger partial charge in [0, 0.05) is 24.0 Å². The van der Waals surface area contributed by atoms with Crippen molar-refractivity contribution >= 4 is 44.1 Å². The molecular formula is C27H26N4O3S3. The summed E-state index contributed by atoms with van der Waals surface area (Å²) in [5.74, 6) is 0. The molecule has 1 aliphatic carbocycles. The molecule has 7 nitrogen and oxygen atoms in total. The molecule has 0 spiro atoms. The molecule has 1 aliphatic heterocycles. The van der Waals surface area contributed by atoms with Gasteiger partial charge in [0.1, 0.15) is 0 Å². The van der Waals surface area contributed by atoms with Gasteiger partial charge in [-0.2, -0.15) is 9.41 Å². The number of ether oxygens (including phenoxy) is 1. The van der Waals surface area contributed by atoms with Gasteiger partial charge in [-0.25, -0.2) is 18.1 Å². The number of nitrogens with zero attached hydrogens (tertiary/aromatic N) is 4. The Hall–Kier alpha value is -2.89. The van der Waals surface area contributed by atoms with E-state index in [0.717, 1.165) is 40.3 Å². The molecule has 0 amide bonds. The molecule has 2 aromatic heterocycles. The van der Waals surface area contributed by atoms with Crippen molar-refractivity contribution in [2.75, 3.05) is 26.3 Å². The minimum Gasteiger partial charge on any atom is -0.379 e. The number of thiophene rings is 1. The Kier molecular flexibility index (Phi) is 6.92. The Morgan fingerprint density at radius 2 is 1.70 bits per heavy atom. The standard InChI is InChI=1S/C27H26N4O3S3/c32-37(33,30-14-16-34-17-15-30)22-12-10-21(11-13-22)28-27-31(25(19-36-27)26-9-4-18-35-26)29-24-8-3-6-20-5-1-2-7-23(20)24/h1-2,4-5,7,9-13,18-19H,3,6,8,14-17H2. The number of sulfonamides is 1. The van der Waals surface area contributed by atoms with Gasteiger partial charge < -0.3 is 4.74 Å². The van der Waals surface area contributed by atoms with E-state index in [1.807, 2.05) is 10.7 Å². The Labute approximate surface area is 224 Å². The van der Waals surface area contributed by atoms with Crippen LogP contribution < -0.4 is 4.80 Å². The van der Waals surface area contributed by atoms with Crippen LogP contribution in [0.1, 0.15) is 24.0 Å². The van der Waals surface area contributed by atoms with Crippen LogP contribution in [0.4, 0.5) is 5.69 Å². The Balaban J connectivity index is 1.40. The lowest BCUT2D eigenvalue weighted by molar-refractivity contribution is 0.0730. The highest BCUT2D eigenvalue weighted by atomic mass is 32.2. The third kappa shape index (κ3) is 4.99. The largest absolute Gasteiger partial charge is 0.379 e. The first-order valence-corrected chi connectivity index (χ1v) is 15.4. The van der Waals surface area contributed by atoms with Crippen molar-refractivity contribution in [1.29, 1.82) is 0 Å². The number of aromatic nitrogens is 1. The zero-order valence-electron chi connectivity index (χ0n) is 20.1. The van der Waals surface area contributed by atoms with Crippen molar-refractivity contribution in [3.05, 3.63) is 87.4 Å². The molecule has 37 heavy (non-hydrogen) atoms. The highest BCUT2D eigenvalue weighted by Crippen LogP contribution is 2.28. The van der Waals surface area contributed by atoms with Gasteiger partial charge in [-0.15, -0.1) is 22.7 Å². The number of hydrogen-bond acceptors (Lipinski definition) is 7. The molecule has 2 aliphatic rings. The van der Waals surface area contributed by atoms with E-state index in [4.69, 9.17) is 14.8 Å². The molecule has 0 N–H and O–H groups in total. The van der Waals surface area contributed by atoms with E-state index < -0.39 is 10.0 Å². The SMILES string of the molecule is O=S(=O)(c1ccc(N=c2scc(-c3cccs3)n2N=C2CCCc3ccccc32)cc1)N1CCOCC1. The van der Waals surface area contributed by atoms with Gasteiger partial charge in [0.25, 0.3) is 0 Å². The normalized spacial score (nSPS) is 18.3. The average Bonchev–Trinajstić information content (AvgIpc) is 3.60. The summed E-state index contributed by atoms with van der Waals surface area (Å²) in [6.45, 7) is 1.59. The summed E-state index contributed by atoms with van der Waals surface area (Å²) in [5, 5.41) is 9.28. The van der Waals surface area contributed by atoms with Crippen molar-refractivity contribution in [1.82, 2.24) is 8.98 Å². The first-order chi connectivity index (χ1) is 18.1. The molecule has 0 radical (unpaired) electrons. The lowest BCUT2D eigenvalue weighted by atomic mass is 9.90. The molecule has 4 aromatic rings. The minimum absolute atomic E-state index is 0.269. The van der Waals surface area contributed by atoms with Gasteiger partial charge in [-0.05, 0) is 60.5 Å².